The second-order valence-corrected chi connectivity index (χ2v) is 5.48. The van der Waals surface area contributed by atoms with Crippen molar-refractivity contribution in [2.45, 2.75) is 38.4 Å². The molecule has 1 heterocycles. The third kappa shape index (κ3) is 2.61. The zero-order valence-electron chi connectivity index (χ0n) is 11.3. The van der Waals surface area contributed by atoms with E-state index in [0.29, 0.717) is 19.6 Å². The smallest absolute Gasteiger partial charge is 0.320 e. The van der Waals surface area contributed by atoms with Crippen molar-refractivity contribution in [2.75, 3.05) is 6.54 Å². The zero-order valence-corrected chi connectivity index (χ0v) is 11.3. The van der Waals surface area contributed by atoms with Crippen LogP contribution in [0.1, 0.15) is 30.4 Å². The number of carboxylic acid groups (broad SMARTS) is 1. The number of amides is 2. The largest absolute Gasteiger partial charge is 0.481 e. The molecule has 0 unspecified atom stereocenters. The van der Waals surface area contributed by atoms with Gasteiger partial charge in [-0.1, -0.05) is 24.3 Å². The van der Waals surface area contributed by atoms with E-state index in [4.69, 9.17) is 5.11 Å². The molecule has 20 heavy (non-hydrogen) atoms. The van der Waals surface area contributed by atoms with Crippen LogP contribution in [0.3, 0.4) is 0 Å². The molecule has 1 aromatic rings. The van der Waals surface area contributed by atoms with Crippen molar-refractivity contribution in [3.05, 3.63) is 35.4 Å². The minimum absolute atomic E-state index is 0.0169. The molecule has 2 amide bonds. The van der Waals surface area contributed by atoms with Crippen LogP contribution in [0.25, 0.3) is 0 Å². The van der Waals surface area contributed by atoms with Crippen LogP contribution in [0.4, 0.5) is 4.79 Å². The quantitative estimate of drug-likeness (QED) is 0.914. The topological polar surface area (TPSA) is 60.9 Å². The van der Waals surface area contributed by atoms with Gasteiger partial charge in [-0.3, -0.25) is 4.79 Å². The standard InChI is InChI=1S/C15H18N2O3/c18-14(19)7-8-17(13-5-6-13)15(20)16-9-11-3-1-2-4-12(11)10-16/h1-4,13H,5-10H2,(H,18,19). The number of rotatable bonds is 4. The first-order valence-electron chi connectivity index (χ1n) is 6.99. The fraction of sp³-hybridized carbons (Fsp3) is 0.467. The van der Waals surface area contributed by atoms with Crippen molar-refractivity contribution in [2.24, 2.45) is 0 Å². The van der Waals surface area contributed by atoms with Crippen LogP contribution in [-0.4, -0.2) is 39.5 Å². The Bertz CT molecular complexity index is 515. The molecule has 1 fully saturated rings. The third-order valence-corrected chi connectivity index (χ3v) is 3.91. The predicted octanol–water partition coefficient (Wildman–Crippen LogP) is 2.06. The van der Waals surface area contributed by atoms with Gasteiger partial charge >= 0.3 is 12.0 Å². The minimum atomic E-state index is -0.854. The van der Waals surface area contributed by atoms with E-state index in [9.17, 15) is 9.59 Å². The average molecular weight is 274 g/mol. The van der Waals surface area contributed by atoms with Gasteiger partial charge in [0.1, 0.15) is 0 Å². The summed E-state index contributed by atoms with van der Waals surface area (Å²) in [5.74, 6) is -0.854. The molecule has 106 valence electrons. The highest BCUT2D eigenvalue weighted by Gasteiger charge is 2.36. The fourth-order valence-corrected chi connectivity index (χ4v) is 2.69. The maximum absolute atomic E-state index is 12.6. The number of hydrogen-bond donors (Lipinski definition) is 1. The monoisotopic (exact) mass is 274 g/mol. The van der Waals surface area contributed by atoms with Gasteiger partial charge in [0.05, 0.1) is 6.42 Å². The Balaban J connectivity index is 1.67. The number of carbonyl (C=O) groups excluding carboxylic acids is 1. The van der Waals surface area contributed by atoms with Crippen molar-refractivity contribution >= 4 is 12.0 Å². The van der Waals surface area contributed by atoms with Crippen molar-refractivity contribution in [1.29, 1.82) is 0 Å². The Labute approximate surface area is 117 Å². The summed E-state index contributed by atoms with van der Waals surface area (Å²) < 4.78 is 0. The normalized spacial score (nSPS) is 16.9. The molecule has 5 heteroatoms. The van der Waals surface area contributed by atoms with Crippen LogP contribution >= 0.6 is 0 Å². The Kier molecular flexibility index (Phi) is 3.34. The highest BCUT2D eigenvalue weighted by atomic mass is 16.4. The van der Waals surface area contributed by atoms with Crippen molar-refractivity contribution in [3.63, 3.8) is 0 Å². The lowest BCUT2D eigenvalue weighted by Gasteiger charge is -2.27. The van der Waals surface area contributed by atoms with Crippen LogP contribution in [0.15, 0.2) is 24.3 Å². The molecule has 0 radical (unpaired) electrons. The maximum atomic E-state index is 12.6. The van der Waals surface area contributed by atoms with E-state index < -0.39 is 5.97 Å². The SMILES string of the molecule is O=C(O)CCN(C(=O)N1Cc2ccccc2C1)C1CC1. The molecular formula is C15H18N2O3. The number of carboxylic acids is 1. The highest BCUT2D eigenvalue weighted by molar-refractivity contribution is 5.77. The van der Waals surface area contributed by atoms with Crippen molar-refractivity contribution < 1.29 is 14.7 Å². The van der Waals surface area contributed by atoms with E-state index >= 15 is 0 Å². The Morgan fingerprint density at radius 1 is 1.20 bits per heavy atom. The Morgan fingerprint density at radius 3 is 2.30 bits per heavy atom. The molecule has 1 saturated carbocycles. The molecule has 2 aliphatic rings. The van der Waals surface area contributed by atoms with Gasteiger partial charge in [0.2, 0.25) is 0 Å². The lowest BCUT2D eigenvalue weighted by Crippen LogP contribution is -2.43. The molecule has 1 aromatic carbocycles. The van der Waals surface area contributed by atoms with E-state index in [1.165, 1.54) is 11.1 Å². The second kappa shape index (κ2) is 5.15. The van der Waals surface area contributed by atoms with Gasteiger partial charge in [-0.05, 0) is 24.0 Å². The lowest BCUT2D eigenvalue weighted by molar-refractivity contribution is -0.137. The molecule has 1 aliphatic carbocycles. The second-order valence-electron chi connectivity index (χ2n) is 5.48. The van der Waals surface area contributed by atoms with Gasteiger partial charge in [0, 0.05) is 25.7 Å². The van der Waals surface area contributed by atoms with Crippen LogP contribution in [-0.2, 0) is 17.9 Å². The van der Waals surface area contributed by atoms with Gasteiger partial charge in [0.15, 0.2) is 0 Å². The summed E-state index contributed by atoms with van der Waals surface area (Å²) >= 11 is 0. The maximum Gasteiger partial charge on any atom is 0.320 e. The van der Waals surface area contributed by atoms with E-state index in [1.54, 1.807) is 4.90 Å². The first kappa shape index (κ1) is 13.0. The number of benzene rings is 1. The number of aliphatic carboxylic acids is 1. The zero-order chi connectivity index (χ0) is 14.1. The minimum Gasteiger partial charge on any atom is -0.481 e. The van der Waals surface area contributed by atoms with Crippen molar-refractivity contribution in [1.82, 2.24) is 9.80 Å². The van der Waals surface area contributed by atoms with E-state index in [1.807, 2.05) is 29.2 Å². The summed E-state index contributed by atoms with van der Waals surface area (Å²) in [5.41, 5.74) is 2.38. The van der Waals surface area contributed by atoms with E-state index in [2.05, 4.69) is 0 Å². The molecule has 5 nitrogen and oxygen atoms in total. The van der Waals surface area contributed by atoms with Gasteiger partial charge in [-0.2, -0.15) is 0 Å². The number of fused-ring (bicyclic) bond motifs is 1. The summed E-state index contributed by atoms with van der Waals surface area (Å²) in [6.45, 7) is 1.57. The molecule has 0 saturated heterocycles. The molecule has 3 rings (SSSR count). The number of urea groups is 1. The molecule has 0 bridgehead atoms. The van der Waals surface area contributed by atoms with Crippen LogP contribution in [0.5, 0.6) is 0 Å². The lowest BCUT2D eigenvalue weighted by atomic mass is 10.1. The molecular weight excluding hydrogens is 256 g/mol. The molecule has 1 aliphatic heterocycles. The Hall–Kier alpha value is -2.04. The summed E-state index contributed by atoms with van der Waals surface area (Å²) in [4.78, 5) is 26.8. The molecule has 1 N–H and O–H groups in total. The predicted molar refractivity (Wildman–Crippen MR) is 73.1 cm³/mol. The molecule has 0 aromatic heterocycles. The van der Waals surface area contributed by atoms with E-state index in [0.717, 1.165) is 12.8 Å². The van der Waals surface area contributed by atoms with Gasteiger partial charge in [-0.25, -0.2) is 4.79 Å². The summed E-state index contributed by atoms with van der Waals surface area (Å²) in [6.07, 6.45) is 2.00. The van der Waals surface area contributed by atoms with Crippen LogP contribution in [0, 0.1) is 0 Å². The van der Waals surface area contributed by atoms with Gasteiger partial charge < -0.3 is 14.9 Å². The third-order valence-electron chi connectivity index (χ3n) is 3.91. The van der Waals surface area contributed by atoms with Gasteiger partial charge in [0.25, 0.3) is 0 Å². The number of hydrogen-bond acceptors (Lipinski definition) is 2. The number of nitrogens with zero attached hydrogens (tertiary/aromatic N) is 2. The first-order valence-corrected chi connectivity index (χ1v) is 6.99. The molecule has 0 spiro atoms. The summed E-state index contributed by atoms with van der Waals surface area (Å²) in [7, 11) is 0. The number of carbonyl (C=O) groups is 2. The molecule has 0 atom stereocenters. The van der Waals surface area contributed by atoms with Crippen LogP contribution in [0.2, 0.25) is 0 Å². The fourth-order valence-electron chi connectivity index (χ4n) is 2.69. The Morgan fingerprint density at radius 2 is 1.80 bits per heavy atom. The van der Waals surface area contributed by atoms with Crippen LogP contribution < -0.4 is 0 Å². The summed E-state index contributed by atoms with van der Waals surface area (Å²) in [6, 6.07) is 8.27. The first-order chi connectivity index (χ1) is 9.65. The summed E-state index contributed by atoms with van der Waals surface area (Å²) in [5, 5.41) is 8.80. The average Bonchev–Trinajstić information content (AvgIpc) is 3.16. The highest BCUT2D eigenvalue weighted by Crippen LogP contribution is 2.30. The van der Waals surface area contributed by atoms with E-state index in [-0.39, 0.29) is 18.5 Å². The van der Waals surface area contributed by atoms with Gasteiger partial charge in [-0.15, -0.1) is 0 Å². The van der Waals surface area contributed by atoms with Crippen molar-refractivity contribution in [3.8, 4) is 0 Å².